The van der Waals surface area contributed by atoms with Crippen LogP contribution >= 0.6 is 23.4 Å². The van der Waals surface area contributed by atoms with E-state index in [9.17, 15) is 4.79 Å². The van der Waals surface area contributed by atoms with E-state index in [1.807, 2.05) is 18.2 Å². The zero-order valence-electron chi connectivity index (χ0n) is 10.0. The third-order valence-electron chi connectivity index (χ3n) is 2.41. The number of nitrogens with one attached hydrogen (secondary N) is 1. The summed E-state index contributed by atoms with van der Waals surface area (Å²) in [7, 11) is 0. The number of benzene rings is 1. The monoisotopic (exact) mass is 293 g/mol. The summed E-state index contributed by atoms with van der Waals surface area (Å²) >= 11 is 7.34. The number of amides is 1. The minimum absolute atomic E-state index is 0.0587. The number of halogens is 1. The van der Waals surface area contributed by atoms with Gasteiger partial charge in [-0.05, 0) is 12.5 Å². The van der Waals surface area contributed by atoms with Crippen molar-refractivity contribution in [2.24, 2.45) is 10.2 Å². The quantitative estimate of drug-likeness (QED) is 0.527. The summed E-state index contributed by atoms with van der Waals surface area (Å²) in [5.74, 6) is -0.0587. The standard InChI is InChI=1S/C13H12ClN3OS/c1-2-5-11-12(18)16-13(19-11)17-15-8-9-6-3-4-7-10(9)14/h2-4,6-8,11H,1,5H2,(H,16,17,18). The van der Waals surface area contributed by atoms with Crippen molar-refractivity contribution in [2.75, 3.05) is 0 Å². The molecular formula is C13H12ClN3OS. The number of amidine groups is 1. The Kier molecular flexibility index (Phi) is 4.76. The van der Waals surface area contributed by atoms with E-state index in [1.165, 1.54) is 11.8 Å². The molecule has 1 aromatic rings. The van der Waals surface area contributed by atoms with Gasteiger partial charge in [0, 0.05) is 10.6 Å². The van der Waals surface area contributed by atoms with E-state index in [0.717, 1.165) is 5.56 Å². The second-order valence-corrected chi connectivity index (χ2v) is 5.39. The van der Waals surface area contributed by atoms with Crippen molar-refractivity contribution in [1.29, 1.82) is 0 Å². The van der Waals surface area contributed by atoms with Crippen molar-refractivity contribution in [3.8, 4) is 0 Å². The molecule has 1 aliphatic rings. The molecule has 1 atom stereocenters. The number of carbonyl (C=O) groups is 1. The first-order valence-electron chi connectivity index (χ1n) is 5.64. The van der Waals surface area contributed by atoms with Crippen LogP contribution in [0.1, 0.15) is 12.0 Å². The van der Waals surface area contributed by atoms with E-state index >= 15 is 0 Å². The molecule has 0 saturated carbocycles. The number of allylic oxidation sites excluding steroid dienone is 1. The Balaban J connectivity index is 2.02. The molecule has 1 unspecified atom stereocenters. The Morgan fingerprint density at radius 2 is 2.26 bits per heavy atom. The van der Waals surface area contributed by atoms with Crippen molar-refractivity contribution in [3.05, 3.63) is 47.5 Å². The van der Waals surface area contributed by atoms with Crippen molar-refractivity contribution < 1.29 is 4.79 Å². The largest absolute Gasteiger partial charge is 0.303 e. The van der Waals surface area contributed by atoms with Gasteiger partial charge in [-0.3, -0.25) is 4.79 Å². The topological polar surface area (TPSA) is 53.8 Å². The van der Waals surface area contributed by atoms with Gasteiger partial charge in [-0.15, -0.1) is 11.7 Å². The molecule has 1 heterocycles. The Labute approximate surface area is 120 Å². The normalized spacial score (nSPS) is 21.0. The Morgan fingerprint density at radius 3 is 3.00 bits per heavy atom. The fraction of sp³-hybridized carbons (Fsp3) is 0.154. The van der Waals surface area contributed by atoms with E-state index < -0.39 is 0 Å². The molecule has 1 fully saturated rings. The Morgan fingerprint density at radius 1 is 1.47 bits per heavy atom. The van der Waals surface area contributed by atoms with Crippen LogP contribution in [0.3, 0.4) is 0 Å². The van der Waals surface area contributed by atoms with Gasteiger partial charge in [0.05, 0.1) is 11.5 Å². The summed E-state index contributed by atoms with van der Waals surface area (Å²) in [6.45, 7) is 3.62. The van der Waals surface area contributed by atoms with Crippen molar-refractivity contribution >= 4 is 40.7 Å². The van der Waals surface area contributed by atoms with Gasteiger partial charge < -0.3 is 5.32 Å². The van der Waals surface area contributed by atoms with Gasteiger partial charge >= 0.3 is 0 Å². The number of nitrogens with zero attached hydrogens (tertiary/aromatic N) is 2. The molecule has 1 N–H and O–H groups in total. The smallest absolute Gasteiger partial charge is 0.239 e. The molecule has 98 valence electrons. The number of rotatable bonds is 4. The molecule has 19 heavy (non-hydrogen) atoms. The molecule has 1 amide bonds. The molecule has 0 aliphatic carbocycles. The lowest BCUT2D eigenvalue weighted by molar-refractivity contribution is -0.118. The molecule has 6 heteroatoms. The first-order valence-corrected chi connectivity index (χ1v) is 6.90. The lowest BCUT2D eigenvalue weighted by Crippen LogP contribution is -2.24. The van der Waals surface area contributed by atoms with Crippen LogP contribution in [-0.2, 0) is 4.79 Å². The van der Waals surface area contributed by atoms with Gasteiger partial charge in [0.25, 0.3) is 0 Å². The zero-order valence-corrected chi connectivity index (χ0v) is 11.6. The van der Waals surface area contributed by atoms with E-state index in [4.69, 9.17) is 11.6 Å². The maximum Gasteiger partial charge on any atom is 0.239 e. The molecule has 1 saturated heterocycles. The van der Waals surface area contributed by atoms with E-state index in [0.29, 0.717) is 16.6 Å². The second kappa shape index (κ2) is 6.54. The average molecular weight is 294 g/mol. The van der Waals surface area contributed by atoms with Crippen molar-refractivity contribution in [2.45, 2.75) is 11.7 Å². The molecule has 0 bridgehead atoms. The highest BCUT2D eigenvalue weighted by atomic mass is 35.5. The summed E-state index contributed by atoms with van der Waals surface area (Å²) in [5, 5.41) is 11.5. The maximum atomic E-state index is 11.5. The number of hydrogen-bond acceptors (Lipinski definition) is 4. The van der Waals surface area contributed by atoms with Gasteiger partial charge in [0.2, 0.25) is 5.91 Å². The molecule has 2 rings (SSSR count). The molecule has 1 aromatic carbocycles. The minimum atomic E-state index is -0.160. The van der Waals surface area contributed by atoms with E-state index in [1.54, 1.807) is 18.4 Å². The maximum absolute atomic E-state index is 11.5. The third-order valence-corrected chi connectivity index (χ3v) is 3.85. The van der Waals surface area contributed by atoms with E-state index in [-0.39, 0.29) is 11.2 Å². The molecular weight excluding hydrogens is 282 g/mol. The molecule has 1 aliphatic heterocycles. The summed E-state index contributed by atoms with van der Waals surface area (Å²) in [6, 6.07) is 7.33. The van der Waals surface area contributed by atoms with Gasteiger partial charge in [-0.2, -0.15) is 5.10 Å². The first kappa shape index (κ1) is 13.8. The Hall–Kier alpha value is -1.59. The number of hydrogen-bond donors (Lipinski definition) is 1. The lowest BCUT2D eigenvalue weighted by atomic mass is 10.2. The predicted molar refractivity (Wildman–Crippen MR) is 80.8 cm³/mol. The molecule has 4 nitrogen and oxygen atoms in total. The van der Waals surface area contributed by atoms with Crippen LogP contribution in [0.5, 0.6) is 0 Å². The third kappa shape index (κ3) is 3.68. The van der Waals surface area contributed by atoms with Crippen LogP contribution in [0.25, 0.3) is 0 Å². The van der Waals surface area contributed by atoms with Crippen LogP contribution < -0.4 is 5.32 Å². The first-order chi connectivity index (χ1) is 9.20. The van der Waals surface area contributed by atoms with Crippen LogP contribution in [0.15, 0.2) is 47.1 Å². The van der Waals surface area contributed by atoms with Gasteiger partial charge in [-0.1, -0.05) is 47.6 Å². The van der Waals surface area contributed by atoms with Crippen LogP contribution in [0, 0.1) is 0 Å². The van der Waals surface area contributed by atoms with E-state index in [2.05, 4.69) is 22.1 Å². The SMILES string of the molecule is C=CCC1SC(=NN=Cc2ccccc2Cl)NC1=O. The summed E-state index contributed by atoms with van der Waals surface area (Å²) in [4.78, 5) is 11.5. The Bertz CT molecular complexity index is 557. The fourth-order valence-electron chi connectivity index (χ4n) is 1.48. The van der Waals surface area contributed by atoms with Crippen LogP contribution in [0.4, 0.5) is 0 Å². The zero-order chi connectivity index (χ0) is 13.7. The highest BCUT2D eigenvalue weighted by molar-refractivity contribution is 8.15. The van der Waals surface area contributed by atoms with Gasteiger partial charge in [0.1, 0.15) is 0 Å². The van der Waals surface area contributed by atoms with Crippen molar-refractivity contribution in [3.63, 3.8) is 0 Å². The van der Waals surface area contributed by atoms with Crippen molar-refractivity contribution in [1.82, 2.24) is 5.32 Å². The summed E-state index contributed by atoms with van der Waals surface area (Å²) in [5.41, 5.74) is 0.783. The summed E-state index contributed by atoms with van der Waals surface area (Å²) in [6.07, 6.45) is 3.89. The van der Waals surface area contributed by atoms with Gasteiger partial charge in [-0.25, -0.2) is 0 Å². The molecule has 0 radical (unpaired) electrons. The predicted octanol–water partition coefficient (Wildman–Crippen LogP) is 2.84. The lowest BCUT2D eigenvalue weighted by Gasteiger charge is -1.97. The number of thioether (sulfide) groups is 1. The fourth-order valence-corrected chi connectivity index (χ4v) is 2.59. The summed E-state index contributed by atoms with van der Waals surface area (Å²) < 4.78 is 0. The highest BCUT2D eigenvalue weighted by Gasteiger charge is 2.28. The number of carbonyl (C=O) groups excluding carboxylic acids is 1. The highest BCUT2D eigenvalue weighted by Crippen LogP contribution is 2.22. The van der Waals surface area contributed by atoms with Crippen LogP contribution in [-0.4, -0.2) is 22.5 Å². The molecule has 0 aromatic heterocycles. The van der Waals surface area contributed by atoms with Gasteiger partial charge in [0.15, 0.2) is 5.17 Å². The minimum Gasteiger partial charge on any atom is -0.303 e. The second-order valence-electron chi connectivity index (χ2n) is 3.79. The average Bonchev–Trinajstić information content (AvgIpc) is 2.73. The van der Waals surface area contributed by atoms with Crippen LogP contribution in [0.2, 0.25) is 5.02 Å². The molecule has 0 spiro atoms.